The second kappa shape index (κ2) is 4.10. The van der Waals surface area contributed by atoms with Gasteiger partial charge in [0.2, 0.25) is 0 Å². The van der Waals surface area contributed by atoms with E-state index >= 15 is 0 Å². The van der Waals surface area contributed by atoms with Gasteiger partial charge in [-0.25, -0.2) is 0 Å². The van der Waals surface area contributed by atoms with Gasteiger partial charge in [0, 0.05) is 22.9 Å². The van der Waals surface area contributed by atoms with Crippen LogP contribution in [0, 0.1) is 0 Å². The Morgan fingerprint density at radius 1 is 1.33 bits per heavy atom. The van der Waals surface area contributed by atoms with Gasteiger partial charge in [-0.15, -0.1) is 17.0 Å². The minimum Gasteiger partial charge on any atom is -0.344 e. The summed E-state index contributed by atoms with van der Waals surface area (Å²) in [5.74, 6) is 0. The molecule has 3 heteroatoms. The van der Waals surface area contributed by atoms with E-state index in [1.807, 2.05) is 12.2 Å². The molecule has 2 aliphatic heterocycles. The summed E-state index contributed by atoms with van der Waals surface area (Å²) >= 11 is 3.45. The maximum atomic E-state index is 3.45. The molecule has 1 nitrogen and oxygen atoms in total. The summed E-state index contributed by atoms with van der Waals surface area (Å²) in [6.45, 7) is 0.966. The van der Waals surface area contributed by atoms with Crippen molar-refractivity contribution < 1.29 is 0 Å². The van der Waals surface area contributed by atoms with E-state index in [1.165, 1.54) is 10.2 Å². The van der Waals surface area contributed by atoms with Crippen molar-refractivity contribution in [2.45, 2.75) is 0 Å². The third kappa shape index (κ3) is 1.90. The van der Waals surface area contributed by atoms with E-state index in [1.54, 1.807) is 0 Å². The predicted molar refractivity (Wildman–Crippen MR) is 60.4 cm³/mol. The molecule has 0 atom stereocenters. The summed E-state index contributed by atoms with van der Waals surface area (Å²) < 4.78 is 1.17. The van der Waals surface area contributed by atoms with Crippen LogP contribution >= 0.6 is 32.9 Å². The Balaban J connectivity index is 0.000000720. The molecule has 0 amide bonds. The first-order valence-electron chi connectivity index (χ1n) is 3.55. The van der Waals surface area contributed by atoms with E-state index in [9.17, 15) is 0 Å². The topological polar surface area (TPSA) is 3.24 Å². The van der Waals surface area contributed by atoms with Crippen molar-refractivity contribution in [3.63, 3.8) is 0 Å². The fourth-order valence-electron chi connectivity index (χ4n) is 1.17. The van der Waals surface area contributed by atoms with Gasteiger partial charge in [0.1, 0.15) is 0 Å². The van der Waals surface area contributed by atoms with E-state index in [2.05, 4.69) is 45.3 Å². The average molecular weight is 291 g/mol. The molecule has 0 aromatic carbocycles. The molecular weight excluding hydrogens is 282 g/mol. The van der Waals surface area contributed by atoms with Gasteiger partial charge in [-0.2, -0.15) is 0 Å². The predicted octanol–water partition coefficient (Wildman–Crippen LogP) is 3.13. The standard InChI is InChI=1S/C9H8BrN.BrH/c10-8-4-6-11-5-2-1-3-9(11)7-8;/h1-5,7H,6H2;1H. The molecule has 2 aliphatic rings. The van der Waals surface area contributed by atoms with Crippen molar-refractivity contribution in [1.82, 2.24) is 4.90 Å². The van der Waals surface area contributed by atoms with Crippen molar-refractivity contribution in [3.8, 4) is 0 Å². The largest absolute Gasteiger partial charge is 0.344 e. The number of allylic oxidation sites excluding steroid dienone is 5. The van der Waals surface area contributed by atoms with Crippen LogP contribution in [0.4, 0.5) is 0 Å². The Morgan fingerprint density at radius 3 is 3.00 bits per heavy atom. The molecule has 0 fully saturated rings. The molecule has 0 unspecified atom stereocenters. The number of nitrogens with zero attached hydrogens (tertiary/aromatic N) is 1. The molecular formula is C9H9Br2N. The van der Waals surface area contributed by atoms with Crippen molar-refractivity contribution in [1.29, 1.82) is 0 Å². The van der Waals surface area contributed by atoms with Crippen molar-refractivity contribution >= 4 is 32.9 Å². The first kappa shape index (κ1) is 9.81. The number of hydrogen-bond acceptors (Lipinski definition) is 1. The Bertz CT molecular complexity index is 287. The molecule has 64 valence electrons. The van der Waals surface area contributed by atoms with E-state index in [-0.39, 0.29) is 17.0 Å². The molecule has 0 aromatic rings. The highest BCUT2D eigenvalue weighted by Gasteiger charge is 2.08. The first-order chi connectivity index (χ1) is 5.36. The molecule has 0 N–H and O–H groups in total. The Morgan fingerprint density at radius 2 is 2.17 bits per heavy atom. The number of fused-ring (bicyclic) bond motifs is 1. The highest BCUT2D eigenvalue weighted by atomic mass is 79.9. The number of hydrogen-bond donors (Lipinski definition) is 0. The van der Waals surface area contributed by atoms with Crippen LogP contribution in [0.1, 0.15) is 0 Å². The van der Waals surface area contributed by atoms with Gasteiger partial charge >= 0.3 is 0 Å². The lowest BCUT2D eigenvalue weighted by Crippen LogP contribution is -2.19. The van der Waals surface area contributed by atoms with Gasteiger partial charge < -0.3 is 4.90 Å². The summed E-state index contributed by atoms with van der Waals surface area (Å²) in [6, 6.07) is 0. The van der Waals surface area contributed by atoms with E-state index in [4.69, 9.17) is 0 Å². The van der Waals surface area contributed by atoms with Crippen LogP contribution in [0.3, 0.4) is 0 Å². The normalized spacial score (nSPS) is 19.2. The maximum Gasteiger partial charge on any atom is 0.0420 e. The highest BCUT2D eigenvalue weighted by molar-refractivity contribution is 9.11. The lowest BCUT2D eigenvalue weighted by molar-refractivity contribution is 0.523. The zero-order chi connectivity index (χ0) is 7.68. The van der Waals surface area contributed by atoms with Gasteiger partial charge in [-0.3, -0.25) is 0 Å². The van der Waals surface area contributed by atoms with Crippen molar-refractivity contribution in [2.75, 3.05) is 6.54 Å². The molecule has 0 radical (unpaired) electrons. The maximum absolute atomic E-state index is 3.45. The molecule has 0 saturated heterocycles. The molecule has 0 bridgehead atoms. The van der Waals surface area contributed by atoms with Gasteiger partial charge in [0.05, 0.1) is 0 Å². The van der Waals surface area contributed by atoms with Crippen molar-refractivity contribution in [2.24, 2.45) is 0 Å². The molecule has 0 aromatic heterocycles. The molecule has 12 heavy (non-hydrogen) atoms. The SMILES string of the molecule is Br.BrC1=CCN2C=CC=CC2=C1. The minimum atomic E-state index is 0. The average Bonchev–Trinajstić information content (AvgIpc) is 2.04. The van der Waals surface area contributed by atoms with Gasteiger partial charge in [-0.05, 0) is 18.2 Å². The van der Waals surface area contributed by atoms with Gasteiger partial charge in [0.25, 0.3) is 0 Å². The van der Waals surface area contributed by atoms with E-state index in [0.717, 1.165) is 6.54 Å². The Hall–Kier alpha value is -0.280. The summed E-state index contributed by atoms with van der Waals surface area (Å²) in [6.07, 6.45) is 12.5. The monoisotopic (exact) mass is 289 g/mol. The fraction of sp³-hybridized carbons (Fsp3) is 0.111. The van der Waals surface area contributed by atoms with Crippen molar-refractivity contribution in [3.05, 3.63) is 46.8 Å². The van der Waals surface area contributed by atoms with Gasteiger partial charge in [0.15, 0.2) is 0 Å². The fourth-order valence-corrected chi connectivity index (χ4v) is 1.55. The summed E-state index contributed by atoms with van der Waals surface area (Å²) in [7, 11) is 0. The van der Waals surface area contributed by atoms with Crippen LogP contribution in [-0.4, -0.2) is 11.4 Å². The van der Waals surface area contributed by atoms with Crippen LogP contribution in [0.15, 0.2) is 46.8 Å². The van der Waals surface area contributed by atoms with Gasteiger partial charge in [-0.1, -0.05) is 28.1 Å². The summed E-state index contributed by atoms with van der Waals surface area (Å²) in [5, 5.41) is 0. The molecule has 0 spiro atoms. The van der Waals surface area contributed by atoms with Crippen LogP contribution in [0.2, 0.25) is 0 Å². The minimum absolute atomic E-state index is 0. The first-order valence-corrected chi connectivity index (χ1v) is 4.34. The quantitative estimate of drug-likeness (QED) is 0.663. The second-order valence-corrected chi connectivity index (χ2v) is 3.43. The van der Waals surface area contributed by atoms with E-state index in [0.29, 0.717) is 0 Å². The third-order valence-electron chi connectivity index (χ3n) is 1.74. The Kier molecular flexibility index (Phi) is 3.35. The summed E-state index contributed by atoms with van der Waals surface area (Å²) in [5.41, 5.74) is 1.25. The second-order valence-electron chi connectivity index (χ2n) is 2.51. The highest BCUT2D eigenvalue weighted by Crippen LogP contribution is 2.21. The van der Waals surface area contributed by atoms with Crippen LogP contribution in [-0.2, 0) is 0 Å². The summed E-state index contributed by atoms with van der Waals surface area (Å²) in [4.78, 5) is 2.20. The zero-order valence-corrected chi connectivity index (χ0v) is 9.70. The third-order valence-corrected chi connectivity index (χ3v) is 2.30. The lowest BCUT2D eigenvalue weighted by Gasteiger charge is -2.25. The van der Waals surface area contributed by atoms with Crippen LogP contribution < -0.4 is 0 Å². The lowest BCUT2D eigenvalue weighted by atomic mass is 10.2. The smallest absolute Gasteiger partial charge is 0.0420 e. The van der Waals surface area contributed by atoms with E-state index < -0.39 is 0 Å². The molecule has 2 rings (SSSR count). The van der Waals surface area contributed by atoms with Crippen LogP contribution in [0.25, 0.3) is 0 Å². The molecule has 0 aliphatic carbocycles. The molecule has 2 heterocycles. The van der Waals surface area contributed by atoms with Crippen LogP contribution in [0.5, 0.6) is 0 Å². The number of halogens is 2. The number of rotatable bonds is 0. The Labute approximate surface area is 91.0 Å². The molecule has 0 saturated carbocycles. The zero-order valence-electron chi connectivity index (χ0n) is 6.40.